The zero-order chi connectivity index (χ0) is 13.9. The summed E-state index contributed by atoms with van der Waals surface area (Å²) in [5.41, 5.74) is -0.893. The van der Waals surface area contributed by atoms with Crippen LogP contribution in [0.2, 0.25) is 0 Å². The van der Waals surface area contributed by atoms with E-state index in [4.69, 9.17) is 0 Å². The lowest BCUT2D eigenvalue weighted by Crippen LogP contribution is -2.70. The van der Waals surface area contributed by atoms with Gasteiger partial charge in [-0.05, 0) is 19.3 Å². The Balaban J connectivity index is 3.06. The third kappa shape index (κ3) is 2.49. The first-order valence-corrected chi connectivity index (χ1v) is 6.60. The molecule has 104 valence electrons. The van der Waals surface area contributed by atoms with Crippen LogP contribution in [-0.2, 0) is 9.59 Å². The van der Waals surface area contributed by atoms with Crippen molar-refractivity contribution in [1.29, 1.82) is 0 Å². The van der Waals surface area contributed by atoms with Gasteiger partial charge in [-0.25, -0.2) is 4.39 Å². The van der Waals surface area contributed by atoms with Crippen LogP contribution in [0.5, 0.6) is 0 Å². The molecule has 18 heavy (non-hydrogen) atoms. The van der Waals surface area contributed by atoms with Crippen molar-refractivity contribution < 1.29 is 14.0 Å². The number of carbonyl (C=O) groups excluding carboxylic acids is 2. The van der Waals surface area contributed by atoms with E-state index < -0.39 is 18.3 Å². The normalized spacial score (nSPS) is 30.3. The van der Waals surface area contributed by atoms with Crippen molar-refractivity contribution in [2.45, 2.75) is 52.1 Å². The number of amides is 2. The van der Waals surface area contributed by atoms with E-state index in [0.29, 0.717) is 6.42 Å². The summed E-state index contributed by atoms with van der Waals surface area (Å²) < 4.78 is 12.6. The summed E-state index contributed by atoms with van der Waals surface area (Å²) in [5, 5.41) is 2.79. The van der Waals surface area contributed by atoms with E-state index in [9.17, 15) is 14.0 Å². The summed E-state index contributed by atoms with van der Waals surface area (Å²) in [6.45, 7) is 6.80. The molecular weight excluding hydrogens is 235 g/mol. The number of nitrogens with zero attached hydrogens (tertiary/aromatic N) is 1. The number of piperazine rings is 1. The fourth-order valence-corrected chi connectivity index (χ4v) is 2.34. The number of hydrogen-bond donors (Lipinski definition) is 1. The zero-order valence-corrected chi connectivity index (χ0v) is 11.6. The number of hydrogen-bond acceptors (Lipinski definition) is 2. The lowest BCUT2D eigenvalue weighted by Gasteiger charge is -2.45. The van der Waals surface area contributed by atoms with Crippen molar-refractivity contribution in [2.75, 3.05) is 13.2 Å². The SMILES string of the molecule is CCC(C)C1C(=O)NC(C)(CC)C(=O)N1CCF. The highest BCUT2D eigenvalue weighted by Gasteiger charge is 2.48. The van der Waals surface area contributed by atoms with Crippen LogP contribution in [-0.4, -0.2) is 41.5 Å². The van der Waals surface area contributed by atoms with Crippen molar-refractivity contribution in [3.63, 3.8) is 0 Å². The second-order valence-electron chi connectivity index (χ2n) is 5.19. The van der Waals surface area contributed by atoms with Gasteiger partial charge in [-0.3, -0.25) is 9.59 Å². The minimum absolute atomic E-state index is 0.00313. The van der Waals surface area contributed by atoms with Crippen LogP contribution >= 0.6 is 0 Å². The van der Waals surface area contributed by atoms with Gasteiger partial charge in [0.2, 0.25) is 11.8 Å². The maximum Gasteiger partial charge on any atom is 0.248 e. The quantitative estimate of drug-likeness (QED) is 0.812. The van der Waals surface area contributed by atoms with E-state index >= 15 is 0 Å². The number of halogens is 1. The highest BCUT2D eigenvalue weighted by molar-refractivity contribution is 5.99. The molecule has 0 radical (unpaired) electrons. The molecule has 0 aromatic rings. The van der Waals surface area contributed by atoms with E-state index in [-0.39, 0.29) is 24.3 Å². The summed E-state index contributed by atoms with van der Waals surface area (Å²) in [5.74, 6) is -0.309. The molecule has 1 fully saturated rings. The molecule has 1 aliphatic rings. The highest BCUT2D eigenvalue weighted by atomic mass is 19.1. The molecule has 0 spiro atoms. The molecule has 1 saturated heterocycles. The smallest absolute Gasteiger partial charge is 0.248 e. The predicted molar refractivity (Wildman–Crippen MR) is 67.8 cm³/mol. The molecular formula is C13H23FN2O2. The van der Waals surface area contributed by atoms with E-state index in [1.807, 2.05) is 20.8 Å². The largest absolute Gasteiger partial charge is 0.340 e. The molecule has 4 nitrogen and oxygen atoms in total. The van der Waals surface area contributed by atoms with Crippen LogP contribution in [0.4, 0.5) is 4.39 Å². The van der Waals surface area contributed by atoms with Crippen LogP contribution in [0.3, 0.4) is 0 Å². The number of nitrogens with one attached hydrogen (secondary N) is 1. The number of carbonyl (C=O) groups is 2. The Labute approximate surface area is 108 Å². The highest BCUT2D eigenvalue weighted by Crippen LogP contribution is 2.26. The van der Waals surface area contributed by atoms with Gasteiger partial charge in [0, 0.05) is 6.54 Å². The second-order valence-corrected chi connectivity index (χ2v) is 5.19. The average molecular weight is 258 g/mol. The van der Waals surface area contributed by atoms with Gasteiger partial charge in [-0.1, -0.05) is 27.2 Å². The molecule has 0 bridgehead atoms. The Bertz CT molecular complexity index is 335. The summed E-state index contributed by atoms with van der Waals surface area (Å²) >= 11 is 0. The molecule has 1 rings (SSSR count). The van der Waals surface area contributed by atoms with Gasteiger partial charge < -0.3 is 10.2 Å². The Morgan fingerprint density at radius 2 is 2.06 bits per heavy atom. The fourth-order valence-electron chi connectivity index (χ4n) is 2.34. The van der Waals surface area contributed by atoms with Crippen LogP contribution in [0, 0.1) is 5.92 Å². The molecule has 0 saturated carbocycles. The summed E-state index contributed by atoms with van der Waals surface area (Å²) in [4.78, 5) is 26.0. The lowest BCUT2D eigenvalue weighted by molar-refractivity contribution is -0.156. The van der Waals surface area contributed by atoms with E-state index in [0.717, 1.165) is 6.42 Å². The van der Waals surface area contributed by atoms with Gasteiger partial charge in [0.05, 0.1) is 0 Å². The maximum atomic E-state index is 12.6. The van der Waals surface area contributed by atoms with Gasteiger partial charge in [0.25, 0.3) is 0 Å². The molecule has 3 unspecified atom stereocenters. The number of rotatable bonds is 5. The van der Waals surface area contributed by atoms with Crippen LogP contribution in [0.1, 0.15) is 40.5 Å². The molecule has 0 aromatic carbocycles. The predicted octanol–water partition coefficient (Wildman–Crippen LogP) is 1.50. The minimum atomic E-state index is -0.893. The second kappa shape index (κ2) is 5.67. The fraction of sp³-hybridized carbons (Fsp3) is 0.846. The molecule has 1 N–H and O–H groups in total. The van der Waals surface area contributed by atoms with Crippen molar-refractivity contribution >= 4 is 11.8 Å². The molecule has 0 aromatic heterocycles. The van der Waals surface area contributed by atoms with Gasteiger partial charge in [0.15, 0.2) is 0 Å². The van der Waals surface area contributed by atoms with E-state index in [1.165, 1.54) is 4.90 Å². The summed E-state index contributed by atoms with van der Waals surface area (Å²) in [6, 6.07) is -0.544. The van der Waals surface area contributed by atoms with Crippen molar-refractivity contribution in [2.24, 2.45) is 5.92 Å². The van der Waals surface area contributed by atoms with Crippen LogP contribution < -0.4 is 5.32 Å². The standard InChI is InChI=1S/C13H23FN2O2/c1-5-9(3)10-11(17)15-13(4,6-2)12(18)16(10)8-7-14/h9-10H,5-8H2,1-4H3,(H,15,17). The summed E-state index contributed by atoms with van der Waals surface area (Å²) in [6.07, 6.45) is 1.28. The molecule has 5 heteroatoms. The van der Waals surface area contributed by atoms with Crippen molar-refractivity contribution in [3.05, 3.63) is 0 Å². The van der Waals surface area contributed by atoms with E-state index in [1.54, 1.807) is 6.92 Å². The Morgan fingerprint density at radius 1 is 1.44 bits per heavy atom. The maximum absolute atomic E-state index is 12.6. The third-order valence-electron chi connectivity index (χ3n) is 3.95. The van der Waals surface area contributed by atoms with Crippen molar-refractivity contribution in [3.8, 4) is 0 Å². The van der Waals surface area contributed by atoms with Gasteiger partial charge in [-0.2, -0.15) is 0 Å². The Kier molecular flexibility index (Phi) is 4.71. The number of alkyl halides is 1. The van der Waals surface area contributed by atoms with Gasteiger partial charge in [-0.15, -0.1) is 0 Å². The topological polar surface area (TPSA) is 49.4 Å². The monoisotopic (exact) mass is 258 g/mol. The lowest BCUT2D eigenvalue weighted by atomic mass is 9.87. The van der Waals surface area contributed by atoms with Crippen LogP contribution in [0.15, 0.2) is 0 Å². The third-order valence-corrected chi connectivity index (χ3v) is 3.95. The minimum Gasteiger partial charge on any atom is -0.340 e. The van der Waals surface area contributed by atoms with Crippen LogP contribution in [0.25, 0.3) is 0 Å². The molecule has 1 heterocycles. The summed E-state index contributed by atoms with van der Waals surface area (Å²) in [7, 11) is 0. The Morgan fingerprint density at radius 3 is 2.50 bits per heavy atom. The molecule has 2 amide bonds. The first-order valence-electron chi connectivity index (χ1n) is 6.60. The first-order chi connectivity index (χ1) is 8.41. The van der Waals surface area contributed by atoms with Gasteiger partial charge in [0.1, 0.15) is 18.3 Å². The molecule has 1 aliphatic heterocycles. The molecule has 0 aliphatic carbocycles. The molecule has 3 atom stereocenters. The van der Waals surface area contributed by atoms with Crippen molar-refractivity contribution in [1.82, 2.24) is 10.2 Å². The average Bonchev–Trinajstić information content (AvgIpc) is 2.35. The first kappa shape index (κ1) is 14.9. The zero-order valence-electron chi connectivity index (χ0n) is 11.6. The van der Waals surface area contributed by atoms with E-state index in [2.05, 4.69) is 5.32 Å². The van der Waals surface area contributed by atoms with Gasteiger partial charge >= 0.3 is 0 Å². The Hall–Kier alpha value is -1.13.